The highest BCUT2D eigenvalue weighted by Gasteiger charge is 2.20. The molecule has 0 bridgehead atoms. The predicted octanol–water partition coefficient (Wildman–Crippen LogP) is 4.35. The second kappa shape index (κ2) is 9.41. The van der Waals surface area contributed by atoms with Gasteiger partial charge in [0.1, 0.15) is 17.2 Å². The van der Waals surface area contributed by atoms with Gasteiger partial charge in [0.2, 0.25) is 0 Å². The third-order valence-electron chi connectivity index (χ3n) is 4.14. The van der Waals surface area contributed by atoms with Crippen molar-refractivity contribution < 1.29 is 23.5 Å². The predicted molar refractivity (Wildman–Crippen MR) is 108 cm³/mol. The van der Waals surface area contributed by atoms with Crippen molar-refractivity contribution in [2.75, 3.05) is 7.11 Å². The average molecular weight is 402 g/mol. The molecule has 6 nitrogen and oxygen atoms in total. The Hall–Kier alpha value is -3.09. The van der Waals surface area contributed by atoms with Crippen LogP contribution in [0.15, 0.2) is 42.5 Å². The minimum atomic E-state index is -0.682. The van der Waals surface area contributed by atoms with Crippen LogP contribution in [-0.2, 0) is 11.3 Å². The van der Waals surface area contributed by atoms with E-state index in [1.807, 2.05) is 19.1 Å². The van der Waals surface area contributed by atoms with Gasteiger partial charge in [-0.15, -0.1) is 0 Å². The summed E-state index contributed by atoms with van der Waals surface area (Å²) in [7, 11) is 1.58. The van der Waals surface area contributed by atoms with Crippen molar-refractivity contribution in [2.45, 2.75) is 45.9 Å². The fourth-order valence-electron chi connectivity index (χ4n) is 2.68. The molecule has 156 valence electrons. The van der Waals surface area contributed by atoms with Crippen LogP contribution in [0.5, 0.6) is 5.75 Å². The zero-order chi connectivity index (χ0) is 21.6. The first kappa shape index (κ1) is 22.2. The van der Waals surface area contributed by atoms with Crippen LogP contribution in [0.4, 0.5) is 9.18 Å². The van der Waals surface area contributed by atoms with Crippen molar-refractivity contribution in [3.8, 4) is 5.75 Å². The normalized spacial score (nSPS) is 12.1. The number of nitrogens with one attached hydrogen (secondary N) is 2. The van der Waals surface area contributed by atoms with Gasteiger partial charge in [-0.05, 0) is 57.5 Å². The molecule has 0 fully saturated rings. The lowest BCUT2D eigenvalue weighted by Crippen LogP contribution is -2.33. The van der Waals surface area contributed by atoms with Crippen LogP contribution in [0.2, 0.25) is 0 Å². The zero-order valence-corrected chi connectivity index (χ0v) is 17.3. The number of ether oxygens (including phenoxy) is 2. The Bertz CT molecular complexity index is 860. The molecule has 7 heteroatoms. The molecule has 0 aliphatic carbocycles. The summed E-state index contributed by atoms with van der Waals surface area (Å²) in [6.45, 7) is 6.86. The summed E-state index contributed by atoms with van der Waals surface area (Å²) >= 11 is 0. The van der Waals surface area contributed by atoms with E-state index in [-0.39, 0.29) is 23.7 Å². The third-order valence-corrected chi connectivity index (χ3v) is 4.14. The number of benzene rings is 2. The van der Waals surface area contributed by atoms with Crippen molar-refractivity contribution in [3.63, 3.8) is 0 Å². The van der Waals surface area contributed by atoms with Crippen LogP contribution in [0.1, 0.15) is 55.2 Å². The van der Waals surface area contributed by atoms with Crippen molar-refractivity contribution in [3.05, 3.63) is 65.0 Å². The Morgan fingerprint density at radius 1 is 1.10 bits per heavy atom. The largest absolute Gasteiger partial charge is 0.497 e. The molecule has 1 atom stereocenters. The number of amides is 2. The Morgan fingerprint density at radius 2 is 1.76 bits per heavy atom. The number of alkyl carbamates (subject to hydrolysis) is 1. The lowest BCUT2D eigenvalue weighted by atomic mass is 10.0. The highest BCUT2D eigenvalue weighted by Crippen LogP contribution is 2.19. The van der Waals surface area contributed by atoms with Gasteiger partial charge in [-0.1, -0.05) is 18.2 Å². The summed E-state index contributed by atoms with van der Waals surface area (Å²) in [6.07, 6.45) is -0.682. The van der Waals surface area contributed by atoms with Crippen LogP contribution in [0, 0.1) is 5.82 Å². The Morgan fingerprint density at radius 3 is 2.34 bits per heavy atom. The molecule has 0 aliphatic heterocycles. The number of halogens is 1. The molecule has 2 N–H and O–H groups in total. The quantitative estimate of drug-likeness (QED) is 0.753. The molecule has 2 rings (SSSR count). The molecule has 2 aromatic carbocycles. The van der Waals surface area contributed by atoms with Gasteiger partial charge < -0.3 is 20.1 Å². The van der Waals surface area contributed by atoms with Gasteiger partial charge in [-0.25, -0.2) is 9.18 Å². The number of rotatable bonds is 6. The monoisotopic (exact) mass is 402 g/mol. The SMILES string of the molecule is COc1ccc([C@H](C)NC(=O)c2cccc(F)c2CNC(=O)OC(C)(C)C)cc1. The van der Waals surface area contributed by atoms with Crippen LogP contribution in [0.25, 0.3) is 0 Å². The number of hydrogen-bond acceptors (Lipinski definition) is 4. The van der Waals surface area contributed by atoms with E-state index in [4.69, 9.17) is 9.47 Å². The lowest BCUT2D eigenvalue weighted by Gasteiger charge is -2.20. The Labute approximate surface area is 170 Å². The van der Waals surface area contributed by atoms with Gasteiger partial charge in [0.25, 0.3) is 5.91 Å². The molecule has 0 saturated heterocycles. The highest BCUT2D eigenvalue weighted by atomic mass is 19.1. The van der Waals surface area contributed by atoms with E-state index in [2.05, 4.69) is 10.6 Å². The van der Waals surface area contributed by atoms with Crippen LogP contribution in [0.3, 0.4) is 0 Å². The minimum Gasteiger partial charge on any atom is -0.497 e. The minimum absolute atomic E-state index is 0.0952. The van der Waals surface area contributed by atoms with E-state index in [1.54, 1.807) is 40.0 Å². The van der Waals surface area contributed by atoms with E-state index >= 15 is 0 Å². The second-order valence-corrected chi connectivity index (χ2v) is 7.59. The summed E-state index contributed by atoms with van der Waals surface area (Å²) in [5, 5.41) is 5.35. The molecular weight excluding hydrogens is 375 g/mol. The van der Waals surface area contributed by atoms with Crippen molar-refractivity contribution in [1.82, 2.24) is 10.6 Å². The van der Waals surface area contributed by atoms with Crippen LogP contribution in [-0.4, -0.2) is 24.7 Å². The molecule has 2 aromatic rings. The smallest absolute Gasteiger partial charge is 0.407 e. The molecule has 0 radical (unpaired) electrons. The molecule has 0 saturated carbocycles. The number of methoxy groups -OCH3 is 1. The van der Waals surface area contributed by atoms with Gasteiger partial charge in [0, 0.05) is 17.7 Å². The van der Waals surface area contributed by atoms with Crippen molar-refractivity contribution in [2.24, 2.45) is 0 Å². The fraction of sp³-hybridized carbons (Fsp3) is 0.364. The summed E-state index contributed by atoms with van der Waals surface area (Å²) < 4.78 is 24.6. The van der Waals surface area contributed by atoms with Gasteiger partial charge in [-0.3, -0.25) is 4.79 Å². The van der Waals surface area contributed by atoms with E-state index in [1.165, 1.54) is 18.2 Å². The standard InChI is InChI=1S/C22H27FN2O4/c1-14(15-9-11-16(28-5)12-10-15)25-20(26)17-7-6-8-19(23)18(17)13-24-21(27)29-22(2,3)4/h6-12,14H,13H2,1-5H3,(H,24,27)(H,25,26)/t14-/m0/s1. The van der Waals surface area contributed by atoms with E-state index in [9.17, 15) is 14.0 Å². The van der Waals surface area contributed by atoms with Gasteiger partial charge in [0.05, 0.1) is 13.2 Å². The van der Waals surface area contributed by atoms with Crippen LogP contribution < -0.4 is 15.4 Å². The lowest BCUT2D eigenvalue weighted by molar-refractivity contribution is 0.0522. The zero-order valence-electron chi connectivity index (χ0n) is 17.3. The average Bonchev–Trinajstić information content (AvgIpc) is 2.65. The number of carbonyl (C=O) groups is 2. The molecule has 2 amide bonds. The fourth-order valence-corrected chi connectivity index (χ4v) is 2.68. The molecule has 0 spiro atoms. The molecule has 0 aliphatic rings. The molecule has 0 aromatic heterocycles. The van der Waals surface area contributed by atoms with Gasteiger partial charge >= 0.3 is 6.09 Å². The summed E-state index contributed by atoms with van der Waals surface area (Å²) in [4.78, 5) is 24.6. The maximum Gasteiger partial charge on any atom is 0.407 e. The van der Waals surface area contributed by atoms with Crippen molar-refractivity contribution >= 4 is 12.0 Å². The Balaban J connectivity index is 2.11. The van der Waals surface area contributed by atoms with E-state index < -0.39 is 23.4 Å². The summed E-state index contributed by atoms with van der Waals surface area (Å²) in [5.41, 5.74) is 0.455. The van der Waals surface area contributed by atoms with Gasteiger partial charge in [0.15, 0.2) is 0 Å². The highest BCUT2D eigenvalue weighted by molar-refractivity contribution is 5.96. The number of hydrogen-bond donors (Lipinski definition) is 2. The van der Waals surface area contributed by atoms with Crippen LogP contribution >= 0.6 is 0 Å². The summed E-state index contributed by atoms with van der Waals surface area (Å²) in [5.74, 6) is -0.299. The summed E-state index contributed by atoms with van der Waals surface area (Å²) in [6, 6.07) is 11.2. The topological polar surface area (TPSA) is 76.7 Å². The first-order chi connectivity index (χ1) is 13.6. The second-order valence-electron chi connectivity index (χ2n) is 7.59. The molecule has 0 unspecified atom stereocenters. The number of carbonyl (C=O) groups excluding carboxylic acids is 2. The van der Waals surface area contributed by atoms with E-state index in [0.717, 1.165) is 5.56 Å². The van der Waals surface area contributed by atoms with Gasteiger partial charge in [-0.2, -0.15) is 0 Å². The molecule has 0 heterocycles. The first-order valence-electron chi connectivity index (χ1n) is 9.30. The first-order valence-corrected chi connectivity index (χ1v) is 9.30. The Kier molecular flexibility index (Phi) is 7.20. The molecular formula is C22H27FN2O4. The van der Waals surface area contributed by atoms with Crippen molar-refractivity contribution in [1.29, 1.82) is 0 Å². The maximum atomic E-state index is 14.4. The van der Waals surface area contributed by atoms with E-state index in [0.29, 0.717) is 5.75 Å². The third kappa shape index (κ3) is 6.48. The maximum absolute atomic E-state index is 14.4. The molecule has 29 heavy (non-hydrogen) atoms.